The number of rotatable bonds is 5. The van der Waals surface area contributed by atoms with Gasteiger partial charge in [-0.25, -0.2) is 4.98 Å². The van der Waals surface area contributed by atoms with Crippen LogP contribution in [0.2, 0.25) is 10.2 Å². The molecule has 0 saturated carbocycles. The first-order valence-electron chi connectivity index (χ1n) is 6.74. The predicted octanol–water partition coefficient (Wildman–Crippen LogP) is 3.42. The number of esters is 1. The number of aromatic nitrogens is 1. The standard InChI is InChI=1S/C16H14Cl2N2O3/c1-23-15(21)9-13(10-2-4-12(17)5-3-10)20-16(22)11-6-7-19-14(18)8-11/h2-8,13H,9H2,1H3,(H,20,22). The molecular formula is C16H14Cl2N2O3. The van der Waals surface area contributed by atoms with E-state index >= 15 is 0 Å². The Morgan fingerprint density at radius 1 is 1.22 bits per heavy atom. The summed E-state index contributed by atoms with van der Waals surface area (Å²) in [6.07, 6.45) is 1.44. The minimum absolute atomic E-state index is 0.00267. The average molecular weight is 353 g/mol. The van der Waals surface area contributed by atoms with Crippen molar-refractivity contribution in [3.63, 3.8) is 0 Å². The number of carbonyl (C=O) groups is 2. The van der Waals surface area contributed by atoms with Crippen molar-refractivity contribution in [3.05, 3.63) is 63.9 Å². The first-order chi connectivity index (χ1) is 11.0. The van der Waals surface area contributed by atoms with Gasteiger partial charge in [0, 0.05) is 16.8 Å². The number of nitrogens with zero attached hydrogens (tertiary/aromatic N) is 1. The molecule has 0 aliphatic heterocycles. The van der Waals surface area contributed by atoms with E-state index in [-0.39, 0.29) is 17.5 Å². The summed E-state index contributed by atoms with van der Waals surface area (Å²) in [4.78, 5) is 27.8. The highest BCUT2D eigenvalue weighted by Crippen LogP contribution is 2.21. The summed E-state index contributed by atoms with van der Waals surface area (Å²) in [7, 11) is 1.30. The molecule has 1 aromatic carbocycles. The number of pyridine rings is 1. The van der Waals surface area contributed by atoms with Crippen molar-refractivity contribution in [2.24, 2.45) is 0 Å². The van der Waals surface area contributed by atoms with Crippen molar-refractivity contribution < 1.29 is 14.3 Å². The zero-order chi connectivity index (χ0) is 16.8. The van der Waals surface area contributed by atoms with Crippen LogP contribution in [0.25, 0.3) is 0 Å². The number of benzene rings is 1. The molecule has 1 amide bonds. The fourth-order valence-electron chi connectivity index (χ4n) is 1.98. The molecule has 1 heterocycles. The Bertz CT molecular complexity index is 705. The molecule has 7 heteroatoms. The van der Waals surface area contributed by atoms with Gasteiger partial charge in [0.05, 0.1) is 19.6 Å². The van der Waals surface area contributed by atoms with Crippen molar-refractivity contribution in [1.82, 2.24) is 10.3 Å². The fraction of sp³-hybridized carbons (Fsp3) is 0.188. The van der Waals surface area contributed by atoms with Gasteiger partial charge < -0.3 is 10.1 Å². The molecule has 23 heavy (non-hydrogen) atoms. The number of amides is 1. The van der Waals surface area contributed by atoms with Crippen LogP contribution in [0.5, 0.6) is 0 Å². The van der Waals surface area contributed by atoms with Crippen LogP contribution in [0.3, 0.4) is 0 Å². The minimum atomic E-state index is -0.542. The van der Waals surface area contributed by atoms with Gasteiger partial charge >= 0.3 is 5.97 Å². The van der Waals surface area contributed by atoms with Gasteiger partial charge in [0.1, 0.15) is 5.15 Å². The Morgan fingerprint density at radius 2 is 1.91 bits per heavy atom. The van der Waals surface area contributed by atoms with Gasteiger partial charge in [0.25, 0.3) is 5.91 Å². The molecule has 5 nitrogen and oxygen atoms in total. The quantitative estimate of drug-likeness (QED) is 0.661. The van der Waals surface area contributed by atoms with Crippen LogP contribution in [0.15, 0.2) is 42.6 Å². The summed E-state index contributed by atoms with van der Waals surface area (Å²) in [5.74, 6) is -0.795. The first-order valence-corrected chi connectivity index (χ1v) is 7.50. The Balaban J connectivity index is 2.21. The predicted molar refractivity (Wildman–Crippen MR) is 87.5 cm³/mol. The van der Waals surface area contributed by atoms with E-state index in [1.165, 1.54) is 25.4 Å². The lowest BCUT2D eigenvalue weighted by atomic mass is 10.0. The van der Waals surface area contributed by atoms with Crippen molar-refractivity contribution in [1.29, 1.82) is 0 Å². The Labute approximate surface area is 143 Å². The summed E-state index contributed by atoms with van der Waals surface area (Å²) < 4.78 is 4.68. The van der Waals surface area contributed by atoms with E-state index in [2.05, 4.69) is 15.0 Å². The van der Waals surface area contributed by atoms with Gasteiger partial charge in [-0.1, -0.05) is 35.3 Å². The molecule has 0 aliphatic carbocycles. The van der Waals surface area contributed by atoms with Crippen molar-refractivity contribution in [3.8, 4) is 0 Å². The maximum Gasteiger partial charge on any atom is 0.307 e. The molecule has 1 aromatic heterocycles. The second-order valence-electron chi connectivity index (χ2n) is 4.73. The van der Waals surface area contributed by atoms with E-state index in [1.807, 2.05) is 0 Å². The van der Waals surface area contributed by atoms with Gasteiger partial charge in [-0.3, -0.25) is 9.59 Å². The largest absolute Gasteiger partial charge is 0.469 e. The topological polar surface area (TPSA) is 68.3 Å². The van der Waals surface area contributed by atoms with E-state index in [0.717, 1.165) is 5.56 Å². The van der Waals surface area contributed by atoms with Crippen LogP contribution in [-0.4, -0.2) is 24.0 Å². The number of methoxy groups -OCH3 is 1. The maximum atomic E-state index is 12.3. The van der Waals surface area contributed by atoms with Crippen molar-refractivity contribution in [2.75, 3.05) is 7.11 Å². The molecule has 1 atom stereocenters. The summed E-state index contributed by atoms with van der Waals surface area (Å²) in [6.45, 7) is 0. The van der Waals surface area contributed by atoms with Crippen molar-refractivity contribution in [2.45, 2.75) is 12.5 Å². The van der Waals surface area contributed by atoms with Gasteiger partial charge in [-0.15, -0.1) is 0 Å². The zero-order valence-electron chi connectivity index (χ0n) is 12.3. The summed E-state index contributed by atoms with van der Waals surface area (Å²) in [5.41, 5.74) is 1.10. The van der Waals surface area contributed by atoms with Gasteiger partial charge in [-0.2, -0.15) is 0 Å². The van der Waals surface area contributed by atoms with Crippen LogP contribution in [0.1, 0.15) is 28.4 Å². The van der Waals surface area contributed by atoms with Crippen LogP contribution in [0, 0.1) is 0 Å². The number of carbonyl (C=O) groups excluding carboxylic acids is 2. The molecular weight excluding hydrogens is 339 g/mol. The fourth-order valence-corrected chi connectivity index (χ4v) is 2.28. The highest BCUT2D eigenvalue weighted by Gasteiger charge is 2.20. The number of halogens is 2. The molecule has 1 unspecified atom stereocenters. The lowest BCUT2D eigenvalue weighted by Gasteiger charge is -2.18. The molecule has 0 fully saturated rings. The molecule has 0 bridgehead atoms. The minimum Gasteiger partial charge on any atom is -0.469 e. The highest BCUT2D eigenvalue weighted by molar-refractivity contribution is 6.30. The molecule has 2 aromatic rings. The van der Waals surface area contributed by atoms with E-state index in [0.29, 0.717) is 10.6 Å². The lowest BCUT2D eigenvalue weighted by molar-refractivity contribution is -0.141. The molecule has 0 spiro atoms. The van der Waals surface area contributed by atoms with Crippen LogP contribution >= 0.6 is 23.2 Å². The average Bonchev–Trinajstić information content (AvgIpc) is 2.54. The number of ether oxygens (including phenoxy) is 1. The molecule has 2 rings (SSSR count). The van der Waals surface area contributed by atoms with Gasteiger partial charge in [0.2, 0.25) is 0 Å². The molecule has 1 N–H and O–H groups in total. The third-order valence-electron chi connectivity index (χ3n) is 3.16. The second-order valence-corrected chi connectivity index (χ2v) is 5.55. The SMILES string of the molecule is COC(=O)CC(NC(=O)c1ccnc(Cl)c1)c1ccc(Cl)cc1. The van der Waals surface area contributed by atoms with E-state index in [1.54, 1.807) is 24.3 Å². The Kier molecular flexibility index (Phi) is 5.96. The third kappa shape index (κ3) is 4.94. The van der Waals surface area contributed by atoms with Gasteiger partial charge in [-0.05, 0) is 29.8 Å². The van der Waals surface area contributed by atoms with E-state index in [9.17, 15) is 9.59 Å². The van der Waals surface area contributed by atoms with Crippen LogP contribution < -0.4 is 5.32 Å². The van der Waals surface area contributed by atoms with Crippen LogP contribution in [0.4, 0.5) is 0 Å². The summed E-state index contributed by atoms with van der Waals surface area (Å²) in [5, 5.41) is 3.58. The molecule has 0 aliphatic rings. The summed E-state index contributed by atoms with van der Waals surface area (Å²) >= 11 is 11.7. The van der Waals surface area contributed by atoms with Crippen LogP contribution in [-0.2, 0) is 9.53 Å². The Morgan fingerprint density at radius 3 is 2.52 bits per heavy atom. The maximum absolute atomic E-state index is 12.3. The zero-order valence-corrected chi connectivity index (χ0v) is 13.8. The number of hydrogen-bond acceptors (Lipinski definition) is 4. The molecule has 0 saturated heterocycles. The monoisotopic (exact) mass is 352 g/mol. The van der Waals surface area contributed by atoms with Gasteiger partial charge in [0.15, 0.2) is 0 Å². The summed E-state index contributed by atoms with van der Waals surface area (Å²) in [6, 6.07) is 9.32. The number of nitrogens with one attached hydrogen (secondary N) is 1. The molecule has 120 valence electrons. The smallest absolute Gasteiger partial charge is 0.307 e. The normalized spacial score (nSPS) is 11.6. The first kappa shape index (κ1) is 17.2. The lowest BCUT2D eigenvalue weighted by Crippen LogP contribution is -2.30. The van der Waals surface area contributed by atoms with E-state index in [4.69, 9.17) is 23.2 Å². The van der Waals surface area contributed by atoms with E-state index < -0.39 is 12.0 Å². The van der Waals surface area contributed by atoms with Crippen molar-refractivity contribution >= 4 is 35.1 Å². The third-order valence-corrected chi connectivity index (χ3v) is 3.62. The number of hydrogen-bond donors (Lipinski definition) is 1. The molecule has 0 radical (unpaired) electrons. The highest BCUT2D eigenvalue weighted by atomic mass is 35.5. The Hall–Kier alpha value is -2.11. The second kappa shape index (κ2) is 7.94.